The van der Waals surface area contributed by atoms with Gasteiger partial charge in [0, 0.05) is 44.6 Å². The number of hydrogen-bond donors (Lipinski definition) is 1. The summed E-state index contributed by atoms with van der Waals surface area (Å²) in [6.07, 6.45) is 8.48. The molecule has 3 amide bonds. The number of amides is 3. The highest BCUT2D eigenvalue weighted by atomic mass is 16.3. The second kappa shape index (κ2) is 10.6. The van der Waals surface area contributed by atoms with Crippen molar-refractivity contribution in [2.75, 3.05) is 26.2 Å². The average molecular weight is 465 g/mol. The monoisotopic (exact) mass is 464 g/mol. The number of piperidine rings is 1. The Balaban J connectivity index is 1.33. The summed E-state index contributed by atoms with van der Waals surface area (Å²) in [5, 5.41) is 9.47. The smallest absolute Gasteiger partial charge is 0.327 e. The molecule has 34 heavy (non-hydrogen) atoms. The van der Waals surface area contributed by atoms with Crippen LogP contribution in [-0.2, 0) is 17.6 Å². The van der Waals surface area contributed by atoms with Crippen LogP contribution in [0.1, 0.15) is 50.7 Å². The van der Waals surface area contributed by atoms with Crippen LogP contribution in [0, 0.1) is 0 Å². The minimum atomic E-state index is -0.687. The Labute approximate surface area is 202 Å². The molecule has 0 saturated carbocycles. The molecule has 2 aliphatic rings. The molecule has 1 N–H and O–H groups in total. The van der Waals surface area contributed by atoms with Crippen LogP contribution < -0.4 is 0 Å². The Bertz CT molecular complexity index is 971. The van der Waals surface area contributed by atoms with Crippen LogP contribution in [0.15, 0.2) is 48.8 Å². The highest BCUT2D eigenvalue weighted by Gasteiger charge is 2.57. The summed E-state index contributed by atoms with van der Waals surface area (Å²) in [4.78, 5) is 36.6. The number of carbonyl (C=O) groups excluding carboxylic acids is 2. The molecule has 0 bridgehead atoms. The van der Waals surface area contributed by atoms with Crippen molar-refractivity contribution >= 4 is 11.9 Å². The Morgan fingerprint density at radius 3 is 2.44 bits per heavy atom. The van der Waals surface area contributed by atoms with Gasteiger partial charge >= 0.3 is 6.03 Å². The number of aromatic nitrogens is 1. The van der Waals surface area contributed by atoms with Gasteiger partial charge in [-0.25, -0.2) is 4.79 Å². The largest absolute Gasteiger partial charge is 0.508 e. The van der Waals surface area contributed by atoms with Gasteiger partial charge in [0.25, 0.3) is 5.91 Å². The third-order valence-electron chi connectivity index (χ3n) is 7.54. The van der Waals surface area contributed by atoms with E-state index in [0.29, 0.717) is 37.7 Å². The van der Waals surface area contributed by atoms with Crippen LogP contribution in [-0.4, -0.2) is 74.5 Å². The molecular formula is C27H36N4O3. The number of nitrogens with zero attached hydrogens (tertiary/aromatic N) is 4. The molecule has 1 spiro atoms. The summed E-state index contributed by atoms with van der Waals surface area (Å²) in [7, 11) is 0. The predicted molar refractivity (Wildman–Crippen MR) is 131 cm³/mol. The summed E-state index contributed by atoms with van der Waals surface area (Å²) in [5.41, 5.74) is 1.65. The van der Waals surface area contributed by atoms with Crippen molar-refractivity contribution in [3.05, 3.63) is 59.9 Å². The van der Waals surface area contributed by atoms with Crippen molar-refractivity contribution in [3.8, 4) is 5.75 Å². The van der Waals surface area contributed by atoms with Crippen LogP contribution in [0.3, 0.4) is 0 Å². The zero-order valence-electron chi connectivity index (χ0n) is 20.3. The fraction of sp³-hybridized carbons (Fsp3) is 0.519. The Kier molecular flexibility index (Phi) is 7.51. The molecule has 1 aromatic heterocycles. The van der Waals surface area contributed by atoms with E-state index in [-0.39, 0.29) is 11.9 Å². The maximum atomic E-state index is 13.5. The molecule has 182 valence electrons. The number of imide groups is 1. The number of phenols is 1. The summed E-state index contributed by atoms with van der Waals surface area (Å²) in [6.45, 7) is 6.85. The van der Waals surface area contributed by atoms with Crippen LogP contribution >= 0.6 is 0 Å². The fourth-order valence-electron chi connectivity index (χ4n) is 5.44. The normalized spacial score (nSPS) is 19.2. The summed E-state index contributed by atoms with van der Waals surface area (Å²) in [6, 6.07) is 11.6. The zero-order valence-corrected chi connectivity index (χ0v) is 20.3. The SMILES string of the molecule is CCN1C(=O)N(CCCc2cccnc2)C(=O)C12CCN([C@H](C)CCc1ccc(O)cc1)CC2. The van der Waals surface area contributed by atoms with E-state index in [1.807, 2.05) is 42.3 Å². The lowest BCUT2D eigenvalue weighted by atomic mass is 9.85. The first kappa shape index (κ1) is 24.2. The number of likely N-dealkylation sites (N-methyl/N-ethyl adjacent to an activating group) is 1. The summed E-state index contributed by atoms with van der Waals surface area (Å²) in [5.74, 6) is 0.280. The van der Waals surface area contributed by atoms with Crippen molar-refractivity contribution in [2.45, 2.75) is 64.0 Å². The van der Waals surface area contributed by atoms with Gasteiger partial charge in [-0.1, -0.05) is 18.2 Å². The van der Waals surface area contributed by atoms with Crippen molar-refractivity contribution < 1.29 is 14.7 Å². The second-order valence-electron chi connectivity index (χ2n) is 9.57. The molecule has 3 heterocycles. The molecule has 0 radical (unpaired) electrons. The first-order valence-electron chi connectivity index (χ1n) is 12.5. The van der Waals surface area contributed by atoms with E-state index in [2.05, 4.69) is 16.8 Å². The number of aryl methyl sites for hydroxylation is 2. The summed E-state index contributed by atoms with van der Waals surface area (Å²) < 4.78 is 0. The fourth-order valence-corrected chi connectivity index (χ4v) is 5.44. The van der Waals surface area contributed by atoms with Crippen molar-refractivity contribution in [2.24, 2.45) is 0 Å². The lowest BCUT2D eigenvalue weighted by molar-refractivity contribution is -0.136. The number of aromatic hydroxyl groups is 1. The van der Waals surface area contributed by atoms with Gasteiger partial charge in [0.1, 0.15) is 11.3 Å². The van der Waals surface area contributed by atoms with Gasteiger partial charge in [0.15, 0.2) is 0 Å². The number of benzene rings is 1. The molecule has 0 unspecified atom stereocenters. The second-order valence-corrected chi connectivity index (χ2v) is 9.57. The molecule has 4 rings (SSSR count). The zero-order chi connectivity index (χ0) is 24.1. The van der Waals surface area contributed by atoms with Crippen molar-refractivity contribution in [1.82, 2.24) is 19.7 Å². The number of likely N-dealkylation sites (tertiary alicyclic amines) is 1. The molecular weight excluding hydrogens is 428 g/mol. The Morgan fingerprint density at radius 2 is 1.79 bits per heavy atom. The van der Waals surface area contributed by atoms with E-state index < -0.39 is 5.54 Å². The number of rotatable bonds is 9. The molecule has 0 aliphatic carbocycles. The van der Waals surface area contributed by atoms with E-state index in [1.54, 1.807) is 18.3 Å². The number of hydrogen-bond acceptors (Lipinski definition) is 5. The minimum absolute atomic E-state index is 0.0121. The summed E-state index contributed by atoms with van der Waals surface area (Å²) >= 11 is 0. The molecule has 7 nitrogen and oxygen atoms in total. The van der Waals surface area contributed by atoms with Gasteiger partial charge in [-0.2, -0.15) is 0 Å². The standard InChI is InChI=1S/C27H36N4O3/c1-3-31-26(34)30(17-5-7-23-6-4-16-28-20-23)25(33)27(31)14-18-29(19-15-27)21(2)8-9-22-10-12-24(32)13-11-22/h4,6,10-13,16,20-21,32H,3,5,7-9,14-15,17-19H2,1-2H3/t21-/m1/s1. The van der Waals surface area contributed by atoms with Crippen LogP contribution in [0.5, 0.6) is 5.75 Å². The molecule has 1 atom stereocenters. The van der Waals surface area contributed by atoms with Gasteiger partial charge in [-0.3, -0.25) is 14.7 Å². The number of urea groups is 1. The average Bonchev–Trinajstić information content (AvgIpc) is 3.05. The van der Waals surface area contributed by atoms with Gasteiger partial charge in [0.2, 0.25) is 0 Å². The maximum Gasteiger partial charge on any atom is 0.327 e. The van der Waals surface area contributed by atoms with Gasteiger partial charge in [0.05, 0.1) is 0 Å². The third-order valence-corrected chi connectivity index (χ3v) is 7.54. The topological polar surface area (TPSA) is 77.0 Å². The van der Waals surface area contributed by atoms with E-state index in [1.165, 1.54) is 10.5 Å². The third kappa shape index (κ3) is 4.94. The number of pyridine rings is 1. The predicted octanol–water partition coefficient (Wildman–Crippen LogP) is 3.86. The van der Waals surface area contributed by atoms with Gasteiger partial charge in [-0.05, 0) is 81.7 Å². The van der Waals surface area contributed by atoms with Crippen LogP contribution in [0.2, 0.25) is 0 Å². The molecule has 2 aliphatic heterocycles. The maximum absolute atomic E-state index is 13.5. The molecule has 2 fully saturated rings. The van der Waals surface area contributed by atoms with E-state index in [9.17, 15) is 14.7 Å². The Hall–Kier alpha value is -2.93. The molecule has 1 aromatic carbocycles. The molecule has 2 aromatic rings. The van der Waals surface area contributed by atoms with E-state index >= 15 is 0 Å². The van der Waals surface area contributed by atoms with Gasteiger partial charge in [-0.15, -0.1) is 0 Å². The first-order valence-corrected chi connectivity index (χ1v) is 12.5. The first-order chi connectivity index (χ1) is 16.4. The highest BCUT2D eigenvalue weighted by Crippen LogP contribution is 2.38. The van der Waals surface area contributed by atoms with E-state index in [0.717, 1.165) is 44.3 Å². The van der Waals surface area contributed by atoms with E-state index in [4.69, 9.17) is 0 Å². The van der Waals surface area contributed by atoms with Gasteiger partial charge < -0.3 is 14.9 Å². The van der Waals surface area contributed by atoms with Crippen molar-refractivity contribution in [3.63, 3.8) is 0 Å². The lowest BCUT2D eigenvalue weighted by Crippen LogP contribution is -2.57. The van der Waals surface area contributed by atoms with Crippen molar-refractivity contribution in [1.29, 1.82) is 0 Å². The Morgan fingerprint density at radius 1 is 1.06 bits per heavy atom. The lowest BCUT2D eigenvalue weighted by Gasteiger charge is -2.43. The van der Waals surface area contributed by atoms with Crippen LogP contribution in [0.25, 0.3) is 0 Å². The quantitative estimate of drug-likeness (QED) is 0.570. The molecule has 2 saturated heterocycles. The van der Waals surface area contributed by atoms with Crippen LogP contribution in [0.4, 0.5) is 4.79 Å². The number of phenolic OH excluding ortho intramolecular Hbond substituents is 1. The molecule has 7 heteroatoms. The number of carbonyl (C=O) groups is 2. The highest BCUT2D eigenvalue weighted by molar-refractivity contribution is 6.07. The minimum Gasteiger partial charge on any atom is -0.508 e.